The Bertz CT molecular complexity index is 1340. The van der Waals surface area contributed by atoms with E-state index in [1.807, 2.05) is 6.07 Å². The quantitative estimate of drug-likeness (QED) is 0.526. The van der Waals surface area contributed by atoms with Crippen LogP contribution in [0.4, 0.5) is 0 Å². The molecule has 0 N–H and O–H groups in total. The Kier molecular flexibility index (Phi) is 6.65. The number of thiazole rings is 1. The number of rotatable bonds is 4. The minimum Gasteiger partial charge on any atom is -0.497 e. The summed E-state index contributed by atoms with van der Waals surface area (Å²) in [5.74, 6) is 0.00490. The Balaban J connectivity index is 1.50. The maximum Gasteiger partial charge on any atom is 0.251 e. The van der Waals surface area contributed by atoms with E-state index in [9.17, 15) is 13.2 Å². The van der Waals surface area contributed by atoms with Gasteiger partial charge >= 0.3 is 0 Å². The van der Waals surface area contributed by atoms with Crippen molar-refractivity contribution in [2.24, 2.45) is 18.0 Å². The largest absolute Gasteiger partial charge is 0.497 e. The van der Waals surface area contributed by atoms with Crippen molar-refractivity contribution in [3.8, 4) is 5.75 Å². The van der Waals surface area contributed by atoms with Crippen molar-refractivity contribution in [3.05, 3.63) is 51.2 Å². The Morgan fingerprint density at radius 2 is 1.78 bits per heavy atom. The normalized spacial score (nSPS) is 16.6. The van der Waals surface area contributed by atoms with Gasteiger partial charge in [-0.2, -0.15) is 9.30 Å². The first-order valence-electron chi connectivity index (χ1n) is 9.88. The molecule has 1 aliphatic rings. The number of halogens is 2. The molecular formula is C21H21Cl2N3O4S2. The molecule has 3 aromatic rings. The number of aryl methyl sites for hydroxylation is 1. The van der Waals surface area contributed by atoms with Gasteiger partial charge in [-0.1, -0.05) is 34.5 Å². The van der Waals surface area contributed by atoms with Crippen LogP contribution in [0.3, 0.4) is 0 Å². The number of nitrogens with zero attached hydrogens (tertiary/aromatic N) is 3. The highest BCUT2D eigenvalue weighted by Crippen LogP contribution is 2.32. The van der Waals surface area contributed by atoms with Crippen molar-refractivity contribution in [2.45, 2.75) is 17.7 Å². The minimum atomic E-state index is -3.62. The van der Waals surface area contributed by atoms with Crippen molar-refractivity contribution in [3.63, 3.8) is 0 Å². The molecule has 1 fully saturated rings. The van der Waals surface area contributed by atoms with Gasteiger partial charge in [-0.15, -0.1) is 0 Å². The molecule has 1 aliphatic heterocycles. The maximum absolute atomic E-state index is 12.9. The lowest BCUT2D eigenvalue weighted by atomic mass is 9.98. The topological polar surface area (TPSA) is 81.0 Å². The number of ether oxygens (including phenoxy) is 1. The summed E-state index contributed by atoms with van der Waals surface area (Å²) in [6.07, 6.45) is 0.831. The van der Waals surface area contributed by atoms with E-state index in [2.05, 4.69) is 4.99 Å². The monoisotopic (exact) mass is 513 g/mol. The van der Waals surface area contributed by atoms with Crippen molar-refractivity contribution >= 4 is 60.7 Å². The molecule has 1 amide bonds. The standard InChI is InChI=1S/C21H21Cl2N3O4S2/c1-25-19-17(8-7-16(22)18(19)23)31-21(25)24-20(27)13-9-11-26(12-10-13)32(28,29)15-5-3-14(30-2)4-6-15/h3-8,13H,9-12H2,1-2H3. The van der Waals surface area contributed by atoms with Gasteiger partial charge in [0, 0.05) is 26.1 Å². The number of carbonyl (C=O) groups excluding carboxylic acids is 1. The molecule has 0 unspecified atom stereocenters. The highest BCUT2D eigenvalue weighted by atomic mass is 35.5. The number of amides is 1. The fraction of sp³-hybridized carbons (Fsp3) is 0.333. The Hall–Kier alpha value is -1.91. The number of benzene rings is 2. The minimum absolute atomic E-state index is 0.209. The summed E-state index contributed by atoms with van der Waals surface area (Å²) in [5.41, 5.74) is 0.733. The molecule has 0 bridgehead atoms. The molecule has 0 atom stereocenters. The zero-order valence-corrected chi connectivity index (χ0v) is 20.6. The summed E-state index contributed by atoms with van der Waals surface area (Å²) in [4.78, 5) is 17.9. The molecule has 1 aromatic heterocycles. The van der Waals surface area contributed by atoms with Crippen LogP contribution in [0.1, 0.15) is 12.8 Å². The molecular weight excluding hydrogens is 493 g/mol. The van der Waals surface area contributed by atoms with Gasteiger partial charge in [-0.25, -0.2) is 8.42 Å². The lowest BCUT2D eigenvalue weighted by Crippen LogP contribution is -2.40. The summed E-state index contributed by atoms with van der Waals surface area (Å²) >= 11 is 13.8. The zero-order valence-electron chi connectivity index (χ0n) is 17.4. The smallest absolute Gasteiger partial charge is 0.251 e. The van der Waals surface area contributed by atoms with Gasteiger partial charge in [-0.3, -0.25) is 4.79 Å². The number of aromatic nitrogens is 1. The predicted molar refractivity (Wildman–Crippen MR) is 126 cm³/mol. The van der Waals surface area contributed by atoms with Crippen molar-refractivity contribution < 1.29 is 17.9 Å². The average molecular weight is 514 g/mol. The fourth-order valence-electron chi connectivity index (χ4n) is 3.70. The molecule has 170 valence electrons. The Morgan fingerprint density at radius 3 is 2.41 bits per heavy atom. The molecule has 4 rings (SSSR count). The van der Waals surface area contributed by atoms with Gasteiger partial charge in [0.25, 0.3) is 5.91 Å². The van der Waals surface area contributed by atoms with Crippen LogP contribution in [-0.2, 0) is 21.9 Å². The van der Waals surface area contributed by atoms with E-state index in [1.54, 1.807) is 29.8 Å². The fourth-order valence-corrected chi connectivity index (χ4v) is 6.70. The molecule has 32 heavy (non-hydrogen) atoms. The highest BCUT2D eigenvalue weighted by Gasteiger charge is 2.32. The first kappa shape index (κ1) is 23.3. The van der Waals surface area contributed by atoms with Gasteiger partial charge in [0.1, 0.15) is 5.75 Å². The summed E-state index contributed by atoms with van der Waals surface area (Å²) in [6.45, 7) is 0.528. The van der Waals surface area contributed by atoms with Gasteiger partial charge in [0.2, 0.25) is 10.0 Å². The van der Waals surface area contributed by atoms with Crippen molar-refractivity contribution in [1.82, 2.24) is 8.87 Å². The summed E-state index contributed by atoms with van der Waals surface area (Å²) in [5, 5.41) is 0.866. The first-order chi connectivity index (χ1) is 15.2. The highest BCUT2D eigenvalue weighted by molar-refractivity contribution is 7.89. The van der Waals surface area contributed by atoms with Crippen LogP contribution >= 0.6 is 34.5 Å². The third-order valence-electron chi connectivity index (χ3n) is 5.56. The van der Waals surface area contributed by atoms with Crippen LogP contribution in [0.5, 0.6) is 5.75 Å². The molecule has 1 saturated heterocycles. The molecule has 0 radical (unpaired) electrons. The molecule has 0 spiro atoms. The maximum atomic E-state index is 12.9. The molecule has 11 heteroatoms. The Morgan fingerprint density at radius 1 is 1.12 bits per heavy atom. The van der Waals surface area contributed by atoms with E-state index in [0.29, 0.717) is 33.4 Å². The number of methoxy groups -OCH3 is 1. The second kappa shape index (κ2) is 9.15. The van der Waals surface area contributed by atoms with E-state index < -0.39 is 10.0 Å². The molecule has 2 heterocycles. The van der Waals surface area contributed by atoms with Gasteiger partial charge in [0.05, 0.1) is 32.3 Å². The summed E-state index contributed by atoms with van der Waals surface area (Å²) in [6, 6.07) is 9.85. The number of piperidine rings is 1. The van der Waals surface area contributed by atoms with Crippen LogP contribution in [-0.4, -0.2) is 43.4 Å². The van der Waals surface area contributed by atoms with Gasteiger partial charge in [0.15, 0.2) is 4.80 Å². The molecule has 2 aromatic carbocycles. The van der Waals surface area contributed by atoms with E-state index in [4.69, 9.17) is 27.9 Å². The van der Waals surface area contributed by atoms with Crippen molar-refractivity contribution in [1.29, 1.82) is 0 Å². The number of sulfonamides is 1. The SMILES string of the molecule is COc1ccc(S(=O)(=O)N2CCC(C(=O)N=c3sc4ccc(Cl)c(Cl)c4n3C)CC2)cc1. The summed E-state index contributed by atoms with van der Waals surface area (Å²) in [7, 11) is -0.306. The van der Waals surface area contributed by atoms with Crippen molar-refractivity contribution in [2.75, 3.05) is 20.2 Å². The molecule has 0 saturated carbocycles. The van der Waals surface area contributed by atoms with E-state index in [1.165, 1.54) is 34.9 Å². The number of hydrogen-bond acceptors (Lipinski definition) is 5. The summed E-state index contributed by atoms with van der Waals surface area (Å²) < 4.78 is 35.0. The van der Waals surface area contributed by atoms with E-state index in [0.717, 1.165) is 10.2 Å². The lowest BCUT2D eigenvalue weighted by molar-refractivity contribution is -0.122. The predicted octanol–water partition coefficient (Wildman–Crippen LogP) is 4.08. The first-order valence-corrected chi connectivity index (χ1v) is 12.9. The van der Waals surface area contributed by atoms with Crippen LogP contribution in [0, 0.1) is 5.92 Å². The third kappa shape index (κ3) is 4.32. The Labute approximate surface area is 199 Å². The lowest BCUT2D eigenvalue weighted by Gasteiger charge is -2.29. The van der Waals surface area contributed by atoms with Gasteiger partial charge < -0.3 is 9.30 Å². The van der Waals surface area contributed by atoms with Crippen LogP contribution in [0.15, 0.2) is 46.3 Å². The van der Waals surface area contributed by atoms with Crippen LogP contribution < -0.4 is 9.54 Å². The third-order valence-corrected chi connectivity index (χ3v) is 9.37. The number of carbonyl (C=O) groups is 1. The molecule has 7 nitrogen and oxygen atoms in total. The van der Waals surface area contributed by atoms with Gasteiger partial charge in [-0.05, 0) is 49.2 Å². The second-order valence-electron chi connectivity index (χ2n) is 7.46. The van der Waals surface area contributed by atoms with Crippen LogP contribution in [0.2, 0.25) is 10.0 Å². The van der Waals surface area contributed by atoms with E-state index >= 15 is 0 Å². The number of hydrogen-bond donors (Lipinski definition) is 0. The van der Waals surface area contributed by atoms with Crippen LogP contribution in [0.25, 0.3) is 10.2 Å². The van der Waals surface area contributed by atoms with E-state index in [-0.39, 0.29) is 29.8 Å². The second-order valence-corrected chi connectivity index (χ2v) is 11.2. The molecule has 0 aliphatic carbocycles. The number of fused-ring (bicyclic) bond motifs is 1. The average Bonchev–Trinajstić information content (AvgIpc) is 3.12. The zero-order chi connectivity index (χ0) is 23.0.